The van der Waals surface area contributed by atoms with Crippen molar-refractivity contribution in [1.82, 2.24) is 9.80 Å². The zero-order chi connectivity index (χ0) is 28.2. The van der Waals surface area contributed by atoms with Crippen LogP contribution in [0, 0.1) is 20.8 Å². The van der Waals surface area contributed by atoms with Crippen LogP contribution in [-0.4, -0.2) is 77.9 Å². The molecule has 9 nitrogen and oxygen atoms in total. The van der Waals surface area contributed by atoms with Crippen LogP contribution in [-0.2, 0) is 9.47 Å². The van der Waals surface area contributed by atoms with Gasteiger partial charge in [0.25, 0.3) is 11.8 Å². The average Bonchev–Trinajstić information content (AvgIpc) is 3.60. The number of aromatic hydroxyl groups is 1. The highest BCUT2D eigenvalue weighted by Gasteiger charge is 2.33. The van der Waals surface area contributed by atoms with E-state index in [1.807, 2.05) is 32.2 Å². The number of fused-ring (bicyclic) bond motifs is 4. The fourth-order valence-electron chi connectivity index (χ4n) is 4.81. The summed E-state index contributed by atoms with van der Waals surface area (Å²) in [5.74, 6) is 0.0817. The van der Waals surface area contributed by atoms with Crippen LogP contribution in [0.3, 0.4) is 0 Å². The monoisotopic (exact) mass is 542 g/mol. The van der Waals surface area contributed by atoms with E-state index in [9.17, 15) is 14.7 Å². The summed E-state index contributed by atoms with van der Waals surface area (Å²) in [6.07, 6.45) is 14.5. The summed E-state index contributed by atoms with van der Waals surface area (Å²) in [7, 11) is 0. The highest BCUT2D eigenvalue weighted by atomic mass is 16.5. The molecule has 2 amide bonds. The number of amides is 2. The predicted octanol–water partition coefficient (Wildman–Crippen LogP) is 4.93. The number of hydrogen-bond donors (Lipinski definition) is 1. The maximum Gasteiger partial charge on any atom is 0.258 e. The summed E-state index contributed by atoms with van der Waals surface area (Å²) < 4.78 is 10.6. The smallest absolute Gasteiger partial charge is 0.258 e. The lowest BCUT2D eigenvalue weighted by molar-refractivity contribution is 0.0675. The van der Waals surface area contributed by atoms with Crippen LogP contribution in [0.1, 0.15) is 50.2 Å². The van der Waals surface area contributed by atoms with E-state index in [0.717, 1.165) is 29.7 Å². The van der Waals surface area contributed by atoms with Gasteiger partial charge in [0.1, 0.15) is 19.2 Å². The van der Waals surface area contributed by atoms with Gasteiger partial charge in [0.2, 0.25) is 0 Å². The number of carbonyl (C=O) groups excluding carboxylic acids is 2. The zero-order valence-corrected chi connectivity index (χ0v) is 23.0. The van der Waals surface area contributed by atoms with Gasteiger partial charge in [-0.15, -0.1) is 0 Å². The largest absolute Gasteiger partial charge is 0.508 e. The van der Waals surface area contributed by atoms with Gasteiger partial charge in [-0.3, -0.25) is 19.6 Å². The van der Waals surface area contributed by atoms with Gasteiger partial charge in [-0.05, 0) is 68.5 Å². The van der Waals surface area contributed by atoms with Crippen LogP contribution >= 0.6 is 0 Å². The van der Waals surface area contributed by atoms with Gasteiger partial charge in [-0.25, -0.2) is 0 Å². The summed E-state index contributed by atoms with van der Waals surface area (Å²) in [6, 6.07) is 6.98. The number of aryl methyl sites for hydroxylation is 3. The van der Waals surface area contributed by atoms with E-state index in [-0.39, 0.29) is 29.6 Å². The summed E-state index contributed by atoms with van der Waals surface area (Å²) >= 11 is 0. The van der Waals surface area contributed by atoms with Crippen molar-refractivity contribution in [2.75, 3.05) is 26.7 Å². The normalized spacial score (nSPS) is 21.8. The summed E-state index contributed by atoms with van der Waals surface area (Å²) in [5.41, 5.74) is 5.44. The van der Waals surface area contributed by atoms with Crippen molar-refractivity contribution in [2.24, 2.45) is 9.98 Å². The first-order valence-corrected chi connectivity index (χ1v) is 13.4. The van der Waals surface area contributed by atoms with E-state index in [1.54, 1.807) is 29.0 Å². The Morgan fingerprint density at radius 2 is 1.15 bits per heavy atom. The van der Waals surface area contributed by atoms with E-state index in [1.165, 1.54) is 6.07 Å². The number of phenolic OH excluding ortho intramolecular Hbond substituents is 1. The molecule has 7 rings (SSSR count). The lowest BCUT2D eigenvalue weighted by Gasteiger charge is -2.17. The molecular formula is C31H34N4O5. The molecule has 2 aromatic rings. The van der Waals surface area contributed by atoms with Gasteiger partial charge in [0, 0.05) is 18.5 Å². The van der Waals surface area contributed by atoms with Gasteiger partial charge in [0.05, 0.1) is 47.8 Å². The number of ether oxygens (including phenoxy) is 2. The molecule has 1 N–H and O–H groups in total. The number of rotatable bonds is 0. The Labute approximate surface area is 234 Å². The number of aliphatic imine (C=N–C) groups is 2. The first-order valence-electron chi connectivity index (χ1n) is 13.4. The molecule has 2 aromatic carbocycles. The van der Waals surface area contributed by atoms with Crippen LogP contribution in [0.15, 0.2) is 58.6 Å². The number of hydrogen-bond acceptors (Lipinski definition) is 7. The summed E-state index contributed by atoms with van der Waals surface area (Å²) in [4.78, 5) is 36.7. The van der Waals surface area contributed by atoms with Crippen molar-refractivity contribution in [3.8, 4) is 5.75 Å². The van der Waals surface area contributed by atoms with Crippen LogP contribution < -0.4 is 0 Å². The minimum Gasteiger partial charge on any atom is -0.508 e. The third-order valence-electron chi connectivity index (χ3n) is 7.40. The Balaban J connectivity index is 0.000000134. The van der Waals surface area contributed by atoms with Crippen molar-refractivity contribution >= 4 is 35.6 Å². The molecule has 0 bridgehead atoms. The second kappa shape index (κ2) is 12.0. The standard InChI is InChI=1S/C13H14N2O2.C12H12N2O3.C6H8/c1-8-3-11-12(4-9(8)2)14-5-10-6-17-7-15(10)13(11)16;1-7-2-9-10(3-11(7)15)13-4-8-5-17-6-14(8)12(9)16;1-2-4-6-5-3-1/h3-5,10H,6-7H2,1-2H3;2-4,8,15H,5-6H2,1H3;1-2,5-6H,3-4H2/t10-;8-;/m11./s1. The van der Waals surface area contributed by atoms with Crippen molar-refractivity contribution in [1.29, 1.82) is 0 Å². The van der Waals surface area contributed by atoms with Gasteiger partial charge >= 0.3 is 0 Å². The highest BCUT2D eigenvalue weighted by Crippen LogP contribution is 2.32. The molecule has 4 heterocycles. The van der Waals surface area contributed by atoms with Crippen molar-refractivity contribution in [3.05, 3.63) is 76.4 Å². The Hall–Kier alpha value is -4.08. The molecule has 0 radical (unpaired) electrons. The molecule has 0 saturated carbocycles. The third-order valence-corrected chi connectivity index (χ3v) is 7.40. The quantitative estimate of drug-likeness (QED) is 0.476. The van der Waals surface area contributed by atoms with E-state index >= 15 is 0 Å². The molecule has 2 atom stereocenters. The number of phenols is 1. The molecular weight excluding hydrogens is 508 g/mol. The maximum atomic E-state index is 12.3. The van der Waals surface area contributed by atoms with E-state index < -0.39 is 0 Å². The minimum atomic E-state index is -0.0997. The van der Waals surface area contributed by atoms with Crippen LogP contribution in [0.4, 0.5) is 11.4 Å². The first-order chi connectivity index (χ1) is 19.3. The van der Waals surface area contributed by atoms with Crippen molar-refractivity contribution < 1.29 is 24.2 Å². The van der Waals surface area contributed by atoms with Gasteiger partial charge < -0.3 is 24.4 Å². The number of benzene rings is 2. The summed E-state index contributed by atoms with van der Waals surface area (Å²) in [5, 5.41) is 9.63. The maximum absolute atomic E-state index is 12.3. The third kappa shape index (κ3) is 5.76. The first kappa shape index (κ1) is 27.5. The van der Waals surface area contributed by atoms with Gasteiger partial charge in [-0.2, -0.15) is 0 Å². The zero-order valence-electron chi connectivity index (χ0n) is 23.0. The van der Waals surface area contributed by atoms with Gasteiger partial charge in [0.15, 0.2) is 0 Å². The van der Waals surface area contributed by atoms with Crippen LogP contribution in [0.25, 0.3) is 0 Å². The van der Waals surface area contributed by atoms with E-state index in [4.69, 9.17) is 9.47 Å². The molecule has 0 unspecified atom stereocenters. The van der Waals surface area contributed by atoms with Crippen molar-refractivity contribution in [3.63, 3.8) is 0 Å². The Kier molecular flexibility index (Phi) is 8.23. The molecule has 0 aromatic heterocycles. The van der Waals surface area contributed by atoms with Crippen LogP contribution in [0.5, 0.6) is 5.75 Å². The predicted molar refractivity (Wildman–Crippen MR) is 154 cm³/mol. The Bertz CT molecular complexity index is 1310. The fourth-order valence-corrected chi connectivity index (χ4v) is 4.81. The molecule has 2 saturated heterocycles. The number of nitrogens with zero attached hydrogens (tertiary/aromatic N) is 4. The highest BCUT2D eigenvalue weighted by molar-refractivity contribution is 6.03. The number of allylic oxidation sites excluding steroid dienone is 4. The van der Waals surface area contributed by atoms with Crippen molar-refractivity contribution in [2.45, 2.75) is 45.7 Å². The van der Waals surface area contributed by atoms with Crippen LogP contribution in [0.2, 0.25) is 0 Å². The fraction of sp³-hybridized carbons (Fsp3) is 0.355. The molecule has 0 spiro atoms. The lowest BCUT2D eigenvalue weighted by Crippen LogP contribution is -2.36. The molecule has 5 aliphatic rings. The minimum absolute atomic E-state index is 0.0168. The Morgan fingerprint density at radius 3 is 1.65 bits per heavy atom. The molecule has 9 heteroatoms. The van der Waals surface area contributed by atoms with E-state index in [2.05, 4.69) is 34.3 Å². The molecule has 2 fully saturated rings. The molecule has 1 aliphatic carbocycles. The second-order valence-corrected chi connectivity index (χ2v) is 10.3. The number of carbonyl (C=O) groups is 2. The molecule has 4 aliphatic heterocycles. The topological polar surface area (TPSA) is 104 Å². The second-order valence-electron chi connectivity index (χ2n) is 10.3. The average molecular weight is 543 g/mol. The van der Waals surface area contributed by atoms with Gasteiger partial charge in [-0.1, -0.05) is 24.3 Å². The molecule has 208 valence electrons. The SMILES string of the molecule is C1=CCC=CC1.Cc1cc2c(cc1C)C(=O)N1COC[C@H]1C=N2.Cc1cc2c(cc1O)N=C[C@@H]1COCN1C2=O. The summed E-state index contributed by atoms with van der Waals surface area (Å²) in [6.45, 7) is 7.49. The molecule has 40 heavy (non-hydrogen) atoms. The lowest BCUT2D eigenvalue weighted by atomic mass is 10.0. The Morgan fingerprint density at radius 1 is 0.700 bits per heavy atom. The van der Waals surface area contributed by atoms with E-state index in [0.29, 0.717) is 49.1 Å².